The van der Waals surface area contributed by atoms with Gasteiger partial charge in [0.25, 0.3) is 0 Å². The van der Waals surface area contributed by atoms with E-state index in [-0.39, 0.29) is 0 Å². The molecule has 0 fully saturated rings. The molecule has 0 saturated heterocycles. The SMILES string of the molecule is CCCCCCCC/C=C\CCCCCCCCOP(O)(O)(c1ccccc1)c1ccccc1. The van der Waals surface area contributed by atoms with Gasteiger partial charge in [-0.2, -0.15) is 0 Å². The molecular formula is C30H47O3P. The van der Waals surface area contributed by atoms with E-state index in [1.54, 1.807) is 24.3 Å². The maximum absolute atomic E-state index is 11.5. The Kier molecular flexibility index (Phi) is 13.7. The van der Waals surface area contributed by atoms with E-state index in [4.69, 9.17) is 4.52 Å². The molecule has 0 aromatic heterocycles. The molecule has 3 nitrogen and oxygen atoms in total. The molecule has 0 aliphatic heterocycles. The molecule has 0 saturated carbocycles. The average Bonchev–Trinajstić information content (AvgIpc) is 2.87. The van der Waals surface area contributed by atoms with Gasteiger partial charge in [0.05, 0.1) is 0 Å². The van der Waals surface area contributed by atoms with Crippen molar-refractivity contribution in [2.45, 2.75) is 96.8 Å². The summed E-state index contributed by atoms with van der Waals surface area (Å²) < 4.78 is 5.94. The summed E-state index contributed by atoms with van der Waals surface area (Å²) in [5, 5.41) is 0.897. The molecule has 0 radical (unpaired) electrons. The van der Waals surface area contributed by atoms with Crippen molar-refractivity contribution >= 4 is 17.9 Å². The molecule has 0 heterocycles. The first-order valence-electron chi connectivity index (χ1n) is 13.5. The van der Waals surface area contributed by atoms with E-state index in [1.165, 1.54) is 70.6 Å². The molecule has 190 valence electrons. The van der Waals surface area contributed by atoms with Gasteiger partial charge >= 0.3 is 163 Å². The van der Waals surface area contributed by atoms with Crippen molar-refractivity contribution < 1.29 is 14.3 Å². The van der Waals surface area contributed by atoms with Gasteiger partial charge in [0.1, 0.15) is 0 Å². The molecule has 0 unspecified atom stereocenters. The first-order chi connectivity index (χ1) is 16.6. The van der Waals surface area contributed by atoms with Gasteiger partial charge in [-0.3, -0.25) is 0 Å². The van der Waals surface area contributed by atoms with Crippen LogP contribution in [-0.2, 0) is 4.52 Å². The van der Waals surface area contributed by atoms with Crippen LogP contribution in [0.4, 0.5) is 0 Å². The number of rotatable bonds is 19. The summed E-state index contributed by atoms with van der Waals surface area (Å²) >= 11 is 0. The fourth-order valence-electron chi connectivity index (χ4n) is 4.28. The molecular weight excluding hydrogens is 439 g/mol. The van der Waals surface area contributed by atoms with Crippen LogP contribution < -0.4 is 10.6 Å². The Balaban J connectivity index is 1.59. The summed E-state index contributed by atoms with van der Waals surface area (Å²) in [5.74, 6) is 0. The predicted molar refractivity (Wildman–Crippen MR) is 149 cm³/mol. The zero-order valence-corrected chi connectivity index (χ0v) is 22.2. The van der Waals surface area contributed by atoms with Crippen molar-refractivity contribution in [1.29, 1.82) is 0 Å². The summed E-state index contributed by atoms with van der Waals surface area (Å²) in [5.41, 5.74) is 0. The fourth-order valence-corrected chi connectivity index (χ4v) is 6.77. The van der Waals surface area contributed by atoms with Gasteiger partial charge in [0.2, 0.25) is 0 Å². The third-order valence-corrected chi connectivity index (χ3v) is 9.57. The molecule has 2 aromatic carbocycles. The Morgan fingerprint density at radius 1 is 0.588 bits per heavy atom. The molecule has 0 spiro atoms. The quantitative estimate of drug-likeness (QED) is 0.120. The molecule has 0 bridgehead atoms. The van der Waals surface area contributed by atoms with Gasteiger partial charge in [-0.1, -0.05) is 39.0 Å². The van der Waals surface area contributed by atoms with Gasteiger partial charge in [0, 0.05) is 0 Å². The van der Waals surface area contributed by atoms with Crippen LogP contribution in [-0.4, -0.2) is 16.4 Å². The standard InChI is InChI=1S/C30H47O3P/c1-2-3-4-5-6-7-8-9-10-11-12-13-14-15-16-23-28-33-34(31,32,29-24-19-17-20-25-29)30-26-21-18-22-27-30/h9-10,17-22,24-27,31-32H,2-8,11-16,23,28H2,1H3/b10-9-. The van der Waals surface area contributed by atoms with Crippen LogP contribution in [0.2, 0.25) is 0 Å². The van der Waals surface area contributed by atoms with E-state index in [1.807, 2.05) is 36.4 Å². The zero-order chi connectivity index (χ0) is 24.4. The van der Waals surface area contributed by atoms with Crippen molar-refractivity contribution in [2.75, 3.05) is 6.61 Å². The molecule has 34 heavy (non-hydrogen) atoms. The van der Waals surface area contributed by atoms with E-state index >= 15 is 0 Å². The first-order valence-corrected chi connectivity index (χ1v) is 15.6. The zero-order valence-electron chi connectivity index (χ0n) is 21.3. The summed E-state index contributed by atoms with van der Waals surface area (Å²) in [6, 6.07) is 18.0. The maximum atomic E-state index is 11.5. The molecule has 2 N–H and O–H groups in total. The fraction of sp³-hybridized carbons (Fsp3) is 0.533. The van der Waals surface area contributed by atoms with Gasteiger partial charge < -0.3 is 0 Å². The average molecular weight is 487 g/mol. The second kappa shape index (κ2) is 16.2. The van der Waals surface area contributed by atoms with Crippen LogP contribution in [0.15, 0.2) is 72.8 Å². The summed E-state index contributed by atoms with van der Waals surface area (Å²) in [6.45, 7) is 2.61. The van der Waals surface area contributed by atoms with Gasteiger partial charge in [-0.25, -0.2) is 0 Å². The van der Waals surface area contributed by atoms with Gasteiger partial charge in [-0.05, 0) is 6.42 Å². The number of hydrogen-bond donors (Lipinski definition) is 2. The Morgan fingerprint density at radius 2 is 1.00 bits per heavy atom. The topological polar surface area (TPSA) is 49.7 Å². The Morgan fingerprint density at radius 3 is 1.47 bits per heavy atom. The van der Waals surface area contributed by atoms with Crippen molar-refractivity contribution in [3.8, 4) is 0 Å². The van der Waals surface area contributed by atoms with Crippen LogP contribution in [0.25, 0.3) is 0 Å². The second-order valence-corrected chi connectivity index (χ2v) is 12.6. The van der Waals surface area contributed by atoms with Gasteiger partial charge in [-0.15, -0.1) is 0 Å². The Bertz CT molecular complexity index is 746. The van der Waals surface area contributed by atoms with E-state index in [9.17, 15) is 9.79 Å². The summed E-state index contributed by atoms with van der Waals surface area (Å²) in [6.07, 6.45) is 22.1. The Labute approximate surface area is 208 Å². The van der Waals surface area contributed by atoms with E-state index < -0.39 is 7.28 Å². The van der Waals surface area contributed by atoms with E-state index in [2.05, 4.69) is 19.1 Å². The molecule has 0 aliphatic carbocycles. The van der Waals surface area contributed by atoms with Crippen molar-refractivity contribution in [3.63, 3.8) is 0 Å². The third kappa shape index (κ3) is 10.0. The summed E-state index contributed by atoms with van der Waals surface area (Å²) in [4.78, 5) is 23.0. The molecule has 4 heteroatoms. The van der Waals surface area contributed by atoms with Gasteiger partial charge in [0.15, 0.2) is 0 Å². The monoisotopic (exact) mass is 486 g/mol. The number of hydrogen-bond acceptors (Lipinski definition) is 3. The van der Waals surface area contributed by atoms with Crippen LogP contribution in [0.3, 0.4) is 0 Å². The predicted octanol–water partition coefficient (Wildman–Crippen LogP) is 7.97. The van der Waals surface area contributed by atoms with Crippen molar-refractivity contribution in [3.05, 3.63) is 72.8 Å². The van der Waals surface area contributed by atoms with Crippen LogP contribution >= 0.6 is 7.28 Å². The number of benzene rings is 2. The molecule has 0 amide bonds. The molecule has 0 aliphatic rings. The van der Waals surface area contributed by atoms with E-state index in [0.717, 1.165) is 19.3 Å². The van der Waals surface area contributed by atoms with Crippen molar-refractivity contribution in [2.24, 2.45) is 0 Å². The minimum absolute atomic E-state index is 0.343. The molecule has 0 atom stereocenters. The van der Waals surface area contributed by atoms with Crippen molar-refractivity contribution in [1.82, 2.24) is 0 Å². The molecule has 2 aromatic rings. The number of allylic oxidation sites excluding steroid dienone is 2. The van der Waals surface area contributed by atoms with Crippen LogP contribution in [0.1, 0.15) is 96.8 Å². The normalized spacial score (nSPS) is 13.2. The number of unbranched alkanes of at least 4 members (excludes halogenated alkanes) is 12. The summed E-state index contributed by atoms with van der Waals surface area (Å²) in [7, 11) is -4.61. The Hall–Kier alpha value is -1.51. The molecule has 2 rings (SSSR count). The first kappa shape index (κ1) is 28.7. The third-order valence-electron chi connectivity index (χ3n) is 6.44. The van der Waals surface area contributed by atoms with Crippen LogP contribution in [0, 0.1) is 0 Å². The second-order valence-electron chi connectivity index (χ2n) is 9.39. The minimum atomic E-state index is -4.61. The van der Waals surface area contributed by atoms with Crippen LogP contribution in [0.5, 0.6) is 0 Å². The van der Waals surface area contributed by atoms with E-state index in [0.29, 0.717) is 17.2 Å².